The summed E-state index contributed by atoms with van der Waals surface area (Å²) in [4.78, 5) is 23.7. The number of hydrogen-bond donors (Lipinski definition) is 1. The Morgan fingerprint density at radius 2 is 2.06 bits per heavy atom. The van der Waals surface area contributed by atoms with Crippen LogP contribution in [0.15, 0.2) is 42.6 Å². The van der Waals surface area contributed by atoms with Gasteiger partial charge in [0, 0.05) is 25.4 Å². The number of piperidine rings is 1. The number of amides is 1. The van der Waals surface area contributed by atoms with Gasteiger partial charge in [-0.2, -0.15) is 0 Å². The van der Waals surface area contributed by atoms with E-state index in [-0.39, 0.29) is 18.6 Å². The van der Waals surface area contributed by atoms with Crippen LogP contribution in [0.2, 0.25) is 0 Å². The Balaban J connectivity index is 1.15. The number of pyridine rings is 2. The second-order valence-electron chi connectivity index (χ2n) is 8.42. The lowest BCUT2D eigenvalue weighted by molar-refractivity contribution is -0.123. The van der Waals surface area contributed by atoms with Crippen LogP contribution in [0.4, 0.5) is 5.69 Å². The molecule has 0 bridgehead atoms. The van der Waals surface area contributed by atoms with E-state index in [2.05, 4.69) is 32.3 Å². The van der Waals surface area contributed by atoms with Crippen molar-refractivity contribution in [1.29, 1.82) is 0 Å². The molecule has 2 aliphatic heterocycles. The Morgan fingerprint density at radius 3 is 2.94 bits per heavy atom. The van der Waals surface area contributed by atoms with Gasteiger partial charge in [-0.1, -0.05) is 6.07 Å². The highest BCUT2D eigenvalue weighted by atomic mass is 16.6. The highest BCUT2D eigenvalue weighted by molar-refractivity contribution is 5.99. The van der Waals surface area contributed by atoms with Gasteiger partial charge in [0.25, 0.3) is 0 Å². The SMILES string of the molecule is COc1ccc2nccc(NC(=O)COC3CCCN(Cc4ccc5c(c4)OCCO5)C3)c2n1. The zero-order valence-corrected chi connectivity index (χ0v) is 19.2. The van der Waals surface area contributed by atoms with Crippen LogP contribution in [-0.2, 0) is 16.1 Å². The summed E-state index contributed by atoms with van der Waals surface area (Å²) >= 11 is 0. The van der Waals surface area contributed by atoms with Crippen molar-refractivity contribution in [3.05, 3.63) is 48.2 Å². The number of rotatable bonds is 7. The molecule has 9 heteroatoms. The summed E-state index contributed by atoms with van der Waals surface area (Å²) < 4.78 is 22.5. The van der Waals surface area contributed by atoms with Crippen molar-refractivity contribution >= 4 is 22.6 Å². The summed E-state index contributed by atoms with van der Waals surface area (Å²) in [5, 5.41) is 2.89. The van der Waals surface area contributed by atoms with Gasteiger partial charge in [0.05, 0.1) is 24.4 Å². The van der Waals surface area contributed by atoms with Crippen molar-refractivity contribution in [1.82, 2.24) is 14.9 Å². The van der Waals surface area contributed by atoms with E-state index in [1.54, 1.807) is 25.4 Å². The molecule has 3 aromatic rings. The van der Waals surface area contributed by atoms with Crippen LogP contribution in [0, 0.1) is 0 Å². The molecule has 1 fully saturated rings. The van der Waals surface area contributed by atoms with Gasteiger partial charge in [-0.15, -0.1) is 0 Å². The van der Waals surface area contributed by atoms with Gasteiger partial charge in [0.1, 0.15) is 25.3 Å². The van der Waals surface area contributed by atoms with E-state index in [9.17, 15) is 4.79 Å². The number of fused-ring (bicyclic) bond motifs is 2. The van der Waals surface area contributed by atoms with Gasteiger partial charge in [0.2, 0.25) is 11.8 Å². The van der Waals surface area contributed by atoms with E-state index in [0.717, 1.165) is 44.0 Å². The average Bonchev–Trinajstić information content (AvgIpc) is 2.87. The minimum absolute atomic E-state index is 0.00381. The summed E-state index contributed by atoms with van der Waals surface area (Å²) in [6.07, 6.45) is 3.60. The summed E-state index contributed by atoms with van der Waals surface area (Å²) in [5.74, 6) is 1.85. The summed E-state index contributed by atoms with van der Waals surface area (Å²) in [6, 6.07) is 11.4. The number of nitrogens with zero attached hydrogens (tertiary/aromatic N) is 3. The minimum atomic E-state index is -0.221. The third kappa shape index (κ3) is 5.21. The van der Waals surface area contributed by atoms with E-state index in [0.29, 0.717) is 35.8 Å². The Hall–Kier alpha value is -3.43. The number of ether oxygens (including phenoxy) is 4. The number of likely N-dealkylation sites (tertiary alicyclic amines) is 1. The number of carbonyl (C=O) groups is 1. The van der Waals surface area contributed by atoms with Crippen molar-refractivity contribution in [2.75, 3.05) is 45.3 Å². The minimum Gasteiger partial charge on any atom is -0.486 e. The maximum Gasteiger partial charge on any atom is 0.250 e. The first-order valence-electron chi connectivity index (χ1n) is 11.5. The molecule has 1 atom stereocenters. The van der Waals surface area contributed by atoms with Crippen molar-refractivity contribution in [3.63, 3.8) is 0 Å². The van der Waals surface area contributed by atoms with Crippen molar-refractivity contribution < 1.29 is 23.7 Å². The smallest absolute Gasteiger partial charge is 0.250 e. The van der Waals surface area contributed by atoms with Gasteiger partial charge in [-0.05, 0) is 49.2 Å². The van der Waals surface area contributed by atoms with Gasteiger partial charge < -0.3 is 24.3 Å². The number of anilines is 1. The third-order valence-electron chi connectivity index (χ3n) is 5.97. The van der Waals surface area contributed by atoms with Crippen molar-refractivity contribution in [2.24, 2.45) is 0 Å². The molecule has 1 saturated heterocycles. The molecule has 0 saturated carbocycles. The van der Waals surface area contributed by atoms with Crippen LogP contribution in [0.3, 0.4) is 0 Å². The van der Waals surface area contributed by atoms with Crippen LogP contribution in [0.1, 0.15) is 18.4 Å². The first kappa shape index (κ1) is 22.4. The molecule has 2 aromatic heterocycles. The zero-order chi connectivity index (χ0) is 23.3. The molecule has 0 spiro atoms. The van der Waals surface area contributed by atoms with Gasteiger partial charge >= 0.3 is 0 Å². The summed E-state index contributed by atoms with van der Waals surface area (Å²) in [7, 11) is 1.55. The average molecular weight is 465 g/mol. The molecule has 1 N–H and O–H groups in total. The first-order valence-corrected chi connectivity index (χ1v) is 11.5. The third-order valence-corrected chi connectivity index (χ3v) is 5.97. The molecule has 0 radical (unpaired) electrons. The highest BCUT2D eigenvalue weighted by Crippen LogP contribution is 2.31. The molecule has 1 aromatic carbocycles. The van der Waals surface area contributed by atoms with Gasteiger partial charge in [0.15, 0.2) is 11.5 Å². The van der Waals surface area contributed by atoms with Crippen LogP contribution < -0.4 is 19.5 Å². The predicted octanol–water partition coefficient (Wildman–Crippen LogP) is 3.03. The van der Waals surface area contributed by atoms with Crippen LogP contribution in [0.25, 0.3) is 11.0 Å². The second-order valence-corrected chi connectivity index (χ2v) is 8.42. The number of methoxy groups -OCH3 is 1. The molecule has 2 aliphatic rings. The maximum atomic E-state index is 12.6. The lowest BCUT2D eigenvalue weighted by Gasteiger charge is -2.32. The highest BCUT2D eigenvalue weighted by Gasteiger charge is 2.22. The molecule has 9 nitrogen and oxygen atoms in total. The van der Waals surface area contributed by atoms with Crippen LogP contribution in [-0.4, -0.2) is 66.9 Å². The quantitative estimate of drug-likeness (QED) is 0.570. The molecule has 0 aliphatic carbocycles. The number of aromatic nitrogens is 2. The fourth-order valence-corrected chi connectivity index (χ4v) is 4.34. The van der Waals surface area contributed by atoms with E-state index >= 15 is 0 Å². The lowest BCUT2D eigenvalue weighted by atomic mass is 10.1. The van der Waals surface area contributed by atoms with Crippen LogP contribution >= 0.6 is 0 Å². The molecule has 1 amide bonds. The monoisotopic (exact) mass is 464 g/mol. The van der Waals surface area contributed by atoms with Crippen LogP contribution in [0.5, 0.6) is 17.4 Å². The number of carbonyl (C=O) groups excluding carboxylic acids is 1. The topological polar surface area (TPSA) is 95.0 Å². The fourth-order valence-electron chi connectivity index (χ4n) is 4.34. The molecule has 1 unspecified atom stereocenters. The molecule has 34 heavy (non-hydrogen) atoms. The second kappa shape index (κ2) is 10.2. The number of hydrogen-bond acceptors (Lipinski definition) is 8. The Bertz CT molecular complexity index is 1170. The Labute approximate surface area is 198 Å². The van der Waals surface area contributed by atoms with E-state index in [4.69, 9.17) is 18.9 Å². The van der Waals surface area contributed by atoms with E-state index < -0.39 is 0 Å². The van der Waals surface area contributed by atoms with E-state index in [1.165, 1.54) is 5.56 Å². The molecule has 4 heterocycles. The standard InChI is InChI=1S/C25H28N4O5/c1-31-24-7-5-19-25(28-24)20(8-9-26-19)27-23(30)16-34-18-3-2-10-29(15-18)14-17-4-6-21-22(13-17)33-12-11-32-21/h4-9,13,18H,2-3,10-12,14-16H2,1H3,(H,26,27,30). The van der Waals surface area contributed by atoms with E-state index in [1.807, 2.05) is 12.1 Å². The summed E-state index contributed by atoms with van der Waals surface area (Å²) in [5.41, 5.74) is 3.02. The Kier molecular flexibility index (Phi) is 6.73. The normalized spacial score (nSPS) is 18.0. The van der Waals surface area contributed by atoms with Crippen molar-refractivity contribution in [2.45, 2.75) is 25.5 Å². The largest absolute Gasteiger partial charge is 0.486 e. The van der Waals surface area contributed by atoms with Crippen molar-refractivity contribution in [3.8, 4) is 17.4 Å². The number of nitrogens with one attached hydrogen (secondary N) is 1. The van der Waals surface area contributed by atoms with Gasteiger partial charge in [-0.3, -0.25) is 14.7 Å². The number of benzene rings is 1. The first-order chi connectivity index (χ1) is 16.7. The fraction of sp³-hybridized carbons (Fsp3) is 0.400. The Morgan fingerprint density at radius 1 is 1.18 bits per heavy atom. The molecule has 178 valence electrons. The predicted molar refractivity (Wildman–Crippen MR) is 126 cm³/mol. The maximum absolute atomic E-state index is 12.6. The summed E-state index contributed by atoms with van der Waals surface area (Å²) in [6.45, 7) is 3.73. The zero-order valence-electron chi connectivity index (χ0n) is 19.2. The molecule has 5 rings (SSSR count). The lowest BCUT2D eigenvalue weighted by Crippen LogP contribution is -2.40. The molecular weight excluding hydrogens is 436 g/mol. The van der Waals surface area contributed by atoms with Gasteiger partial charge in [-0.25, -0.2) is 4.98 Å². The molecular formula is C25H28N4O5.